The lowest BCUT2D eigenvalue weighted by atomic mass is 10.3. The molecule has 3 aromatic rings. The lowest BCUT2D eigenvalue weighted by molar-refractivity contribution is 0.150. The fraction of sp³-hybridized carbons (Fsp3) is 0.100. The van der Waals surface area contributed by atoms with Crippen LogP contribution in [0.15, 0.2) is 29.6 Å². The Morgan fingerprint density at radius 1 is 1.33 bits per heavy atom. The van der Waals surface area contributed by atoms with Crippen molar-refractivity contribution in [1.82, 2.24) is 19.6 Å². The Bertz CT molecular complexity index is 919. The maximum atomic E-state index is 12.5. The van der Waals surface area contributed by atoms with E-state index < -0.39 is 21.5 Å². The monoisotopic (exact) mass is 331 g/mol. The molecule has 0 saturated carbocycles. The molecule has 0 amide bonds. The van der Waals surface area contributed by atoms with Crippen LogP contribution in [0.2, 0.25) is 0 Å². The van der Waals surface area contributed by atoms with Crippen LogP contribution in [0.1, 0.15) is 11.4 Å². The number of primary sulfonamides is 1. The number of pyridine rings is 1. The van der Waals surface area contributed by atoms with Crippen molar-refractivity contribution in [2.75, 3.05) is 0 Å². The molecule has 21 heavy (non-hydrogen) atoms. The number of fused-ring (bicyclic) bond motifs is 1. The number of imidazole rings is 1. The summed E-state index contributed by atoms with van der Waals surface area (Å²) in [6, 6.07) is 2.62. The molecule has 0 aliphatic carbocycles. The average Bonchev–Trinajstić information content (AvgIpc) is 3.03. The summed E-state index contributed by atoms with van der Waals surface area (Å²) in [4.78, 5) is 3.95. The molecule has 0 aliphatic rings. The van der Waals surface area contributed by atoms with Gasteiger partial charge in [0, 0.05) is 6.20 Å². The zero-order chi connectivity index (χ0) is 15.2. The van der Waals surface area contributed by atoms with E-state index in [1.807, 2.05) is 0 Å². The van der Waals surface area contributed by atoms with Crippen LogP contribution in [0.25, 0.3) is 16.2 Å². The topological polar surface area (TPSA) is 103 Å². The summed E-state index contributed by atoms with van der Waals surface area (Å²) in [7, 11) is -3.87. The summed E-state index contributed by atoms with van der Waals surface area (Å²) in [6.45, 7) is 0. The van der Waals surface area contributed by atoms with Gasteiger partial charge < -0.3 is 4.40 Å². The lowest BCUT2D eigenvalue weighted by Gasteiger charge is -2.00. The van der Waals surface area contributed by atoms with Crippen molar-refractivity contribution in [3.8, 4) is 10.7 Å². The molecule has 0 fully saturated rings. The molecule has 0 saturated heterocycles. The quantitative estimate of drug-likeness (QED) is 0.782. The Hall–Kier alpha value is -1.98. The second kappa shape index (κ2) is 4.79. The zero-order valence-corrected chi connectivity index (χ0v) is 11.8. The fourth-order valence-electron chi connectivity index (χ4n) is 1.73. The van der Waals surface area contributed by atoms with Gasteiger partial charge in [0.2, 0.25) is 10.0 Å². The minimum atomic E-state index is -3.87. The molecule has 11 heteroatoms. The van der Waals surface area contributed by atoms with Gasteiger partial charge in [-0.25, -0.2) is 27.3 Å². The number of halogens is 2. The Kier molecular flexibility index (Phi) is 3.19. The zero-order valence-electron chi connectivity index (χ0n) is 10.1. The standard InChI is InChI=1S/C10H7F2N5O2S2/c11-8(12)10-16-15-9(20-10)7-6-3-5(21(13,18)19)1-2-17(6)4-14-7/h1-4,8H,(H2,13,18,19). The van der Waals surface area contributed by atoms with Crippen LogP contribution >= 0.6 is 11.3 Å². The van der Waals surface area contributed by atoms with E-state index in [1.54, 1.807) is 0 Å². The summed E-state index contributed by atoms with van der Waals surface area (Å²) in [5, 5.41) is 11.9. The summed E-state index contributed by atoms with van der Waals surface area (Å²) in [5.74, 6) is 0. The van der Waals surface area contributed by atoms with E-state index in [0.717, 1.165) is 0 Å². The number of alkyl halides is 2. The third-order valence-corrected chi connectivity index (χ3v) is 4.52. The molecule has 0 aromatic carbocycles. The van der Waals surface area contributed by atoms with Crippen molar-refractivity contribution in [2.24, 2.45) is 5.14 Å². The Labute approximate surface area is 121 Å². The van der Waals surface area contributed by atoms with Crippen LogP contribution < -0.4 is 5.14 Å². The Morgan fingerprint density at radius 3 is 2.71 bits per heavy atom. The van der Waals surface area contributed by atoms with Crippen molar-refractivity contribution in [2.45, 2.75) is 11.3 Å². The van der Waals surface area contributed by atoms with E-state index in [9.17, 15) is 17.2 Å². The molecular formula is C10H7F2N5O2S2. The van der Waals surface area contributed by atoms with Crippen molar-refractivity contribution in [3.63, 3.8) is 0 Å². The van der Waals surface area contributed by atoms with Crippen molar-refractivity contribution < 1.29 is 17.2 Å². The predicted molar refractivity (Wildman–Crippen MR) is 70.4 cm³/mol. The molecule has 7 nitrogen and oxygen atoms in total. The van der Waals surface area contributed by atoms with Crippen LogP contribution in [0.5, 0.6) is 0 Å². The van der Waals surface area contributed by atoms with Crippen LogP contribution in [0, 0.1) is 0 Å². The summed E-state index contributed by atoms with van der Waals surface area (Å²) in [5.41, 5.74) is 0.656. The van der Waals surface area contributed by atoms with E-state index in [2.05, 4.69) is 15.2 Å². The highest BCUT2D eigenvalue weighted by Crippen LogP contribution is 2.31. The fourth-order valence-corrected chi connectivity index (χ4v) is 2.96. The first-order valence-electron chi connectivity index (χ1n) is 5.47. The minimum Gasteiger partial charge on any atom is -0.305 e. The van der Waals surface area contributed by atoms with Gasteiger partial charge in [-0.1, -0.05) is 11.3 Å². The van der Waals surface area contributed by atoms with Gasteiger partial charge in [-0.15, -0.1) is 10.2 Å². The lowest BCUT2D eigenvalue weighted by Crippen LogP contribution is -2.12. The van der Waals surface area contributed by atoms with Crippen molar-refractivity contribution in [3.05, 3.63) is 29.7 Å². The second-order valence-corrected chi connectivity index (χ2v) is 6.61. The maximum Gasteiger partial charge on any atom is 0.291 e. The van der Waals surface area contributed by atoms with E-state index >= 15 is 0 Å². The summed E-state index contributed by atoms with van der Waals surface area (Å²) < 4.78 is 49.3. The largest absolute Gasteiger partial charge is 0.305 e. The molecule has 0 atom stereocenters. The number of rotatable bonds is 3. The number of nitrogens with zero attached hydrogens (tertiary/aromatic N) is 4. The molecule has 110 valence electrons. The van der Waals surface area contributed by atoms with Crippen LogP contribution in [-0.2, 0) is 10.0 Å². The predicted octanol–water partition coefficient (Wildman–Crippen LogP) is 1.44. The van der Waals surface area contributed by atoms with Crippen LogP contribution in [0.4, 0.5) is 8.78 Å². The highest BCUT2D eigenvalue weighted by atomic mass is 32.2. The van der Waals surface area contributed by atoms with Gasteiger partial charge in [0.05, 0.1) is 10.4 Å². The molecule has 0 radical (unpaired) electrons. The molecule has 3 rings (SSSR count). The number of hydrogen-bond donors (Lipinski definition) is 1. The van der Waals surface area contributed by atoms with Gasteiger partial charge in [-0.3, -0.25) is 0 Å². The van der Waals surface area contributed by atoms with Gasteiger partial charge in [0.25, 0.3) is 6.43 Å². The molecule has 3 heterocycles. The first kappa shape index (κ1) is 14.0. The van der Waals surface area contributed by atoms with Gasteiger partial charge in [-0.05, 0) is 12.1 Å². The molecule has 0 unspecified atom stereocenters. The maximum absolute atomic E-state index is 12.5. The summed E-state index contributed by atoms with van der Waals surface area (Å²) >= 11 is 0.698. The van der Waals surface area contributed by atoms with Crippen LogP contribution in [-0.4, -0.2) is 28.0 Å². The van der Waals surface area contributed by atoms with E-state index in [1.165, 1.54) is 29.1 Å². The highest BCUT2D eigenvalue weighted by Gasteiger charge is 2.19. The van der Waals surface area contributed by atoms with Gasteiger partial charge in [0.15, 0.2) is 10.0 Å². The normalized spacial score (nSPS) is 12.4. The molecule has 3 aromatic heterocycles. The molecular weight excluding hydrogens is 324 g/mol. The summed E-state index contributed by atoms with van der Waals surface area (Å²) in [6.07, 6.45) is 0.159. The van der Waals surface area contributed by atoms with E-state index in [0.29, 0.717) is 16.9 Å². The van der Waals surface area contributed by atoms with E-state index in [4.69, 9.17) is 5.14 Å². The number of nitrogens with two attached hydrogens (primary N) is 1. The highest BCUT2D eigenvalue weighted by molar-refractivity contribution is 7.89. The molecule has 2 N–H and O–H groups in total. The first-order valence-corrected chi connectivity index (χ1v) is 7.84. The van der Waals surface area contributed by atoms with Gasteiger partial charge >= 0.3 is 0 Å². The smallest absolute Gasteiger partial charge is 0.291 e. The van der Waals surface area contributed by atoms with E-state index in [-0.39, 0.29) is 15.6 Å². The third kappa shape index (κ3) is 2.50. The van der Waals surface area contributed by atoms with Crippen molar-refractivity contribution >= 4 is 26.9 Å². The second-order valence-electron chi connectivity index (χ2n) is 4.04. The van der Waals surface area contributed by atoms with Gasteiger partial charge in [-0.2, -0.15) is 0 Å². The Balaban J connectivity index is 2.18. The first-order chi connectivity index (χ1) is 9.86. The number of hydrogen-bond acceptors (Lipinski definition) is 6. The average molecular weight is 331 g/mol. The SMILES string of the molecule is NS(=O)(=O)c1ccn2cnc(-c3nnc(C(F)F)s3)c2c1. The molecule has 0 spiro atoms. The molecule has 0 bridgehead atoms. The Morgan fingerprint density at radius 2 is 2.10 bits per heavy atom. The van der Waals surface area contributed by atoms with Crippen LogP contribution in [0.3, 0.4) is 0 Å². The third-order valence-electron chi connectivity index (χ3n) is 2.67. The molecule has 0 aliphatic heterocycles. The number of aromatic nitrogens is 4. The van der Waals surface area contributed by atoms with Crippen molar-refractivity contribution in [1.29, 1.82) is 0 Å². The van der Waals surface area contributed by atoms with Gasteiger partial charge in [0.1, 0.15) is 12.0 Å². The number of sulfonamides is 1. The minimum absolute atomic E-state index is 0.102.